The third kappa shape index (κ3) is 5.68. The van der Waals surface area contributed by atoms with Gasteiger partial charge < -0.3 is 10.2 Å². The van der Waals surface area contributed by atoms with E-state index in [2.05, 4.69) is 9.82 Å². The van der Waals surface area contributed by atoms with Crippen molar-refractivity contribution in [2.24, 2.45) is 0 Å². The van der Waals surface area contributed by atoms with Gasteiger partial charge in [0.25, 0.3) is 0 Å². The van der Waals surface area contributed by atoms with Crippen molar-refractivity contribution in [2.75, 3.05) is 6.54 Å². The lowest BCUT2D eigenvalue weighted by molar-refractivity contribution is -0.137. The van der Waals surface area contributed by atoms with Crippen molar-refractivity contribution in [3.8, 4) is 0 Å². The predicted molar refractivity (Wildman–Crippen MR) is 70.6 cm³/mol. The molecule has 0 aliphatic heterocycles. The largest absolute Gasteiger partial charge is 0.481 e. The Kier molecular flexibility index (Phi) is 6.11. The average molecular weight is 305 g/mol. The van der Waals surface area contributed by atoms with E-state index in [0.29, 0.717) is 12.8 Å². The van der Waals surface area contributed by atoms with Crippen LogP contribution in [0.1, 0.15) is 26.2 Å². The molecule has 3 N–H and O–H groups in total. The monoisotopic (exact) mass is 305 g/mol. The quantitative estimate of drug-likeness (QED) is 0.543. The van der Waals surface area contributed by atoms with Gasteiger partial charge in [-0.1, -0.05) is 0 Å². The van der Waals surface area contributed by atoms with Crippen molar-refractivity contribution in [1.29, 1.82) is 0 Å². The highest BCUT2D eigenvalue weighted by Gasteiger charge is 2.16. The normalized spacial score (nSPS) is 13.3. The van der Waals surface area contributed by atoms with Crippen molar-refractivity contribution in [2.45, 2.75) is 43.7 Å². The molecule has 1 unspecified atom stereocenters. The zero-order valence-electron chi connectivity index (χ0n) is 11.2. The van der Waals surface area contributed by atoms with Crippen LogP contribution >= 0.6 is 0 Å². The summed E-state index contributed by atoms with van der Waals surface area (Å²) in [6.45, 7) is 1.99. The molecule has 114 valence electrons. The molecule has 0 fully saturated rings. The van der Waals surface area contributed by atoms with Gasteiger partial charge in [-0.15, -0.1) is 0 Å². The number of aryl methyl sites for hydroxylation is 1. The Hall–Kier alpha value is -1.45. The smallest absolute Gasteiger partial charge is 0.305 e. The van der Waals surface area contributed by atoms with Crippen LogP contribution in [0.4, 0.5) is 0 Å². The third-order valence-corrected chi connectivity index (χ3v) is 3.98. The second-order valence-corrected chi connectivity index (χ2v) is 6.24. The zero-order valence-corrected chi connectivity index (χ0v) is 12.0. The Morgan fingerprint density at radius 2 is 2.25 bits per heavy atom. The van der Waals surface area contributed by atoms with Gasteiger partial charge in [-0.05, 0) is 19.8 Å². The number of nitrogens with zero attached hydrogens (tertiary/aromatic N) is 2. The molecule has 0 amide bonds. The molecule has 1 heterocycles. The number of nitrogens with one attached hydrogen (secondary N) is 1. The average Bonchev–Trinajstić information content (AvgIpc) is 2.81. The van der Waals surface area contributed by atoms with Crippen molar-refractivity contribution in [1.82, 2.24) is 14.5 Å². The maximum atomic E-state index is 11.9. The number of rotatable bonds is 9. The number of hydrogen-bond acceptors (Lipinski definition) is 5. The molecule has 0 radical (unpaired) electrons. The third-order valence-electron chi connectivity index (χ3n) is 2.57. The fourth-order valence-corrected chi connectivity index (χ4v) is 2.53. The first kappa shape index (κ1) is 16.6. The summed E-state index contributed by atoms with van der Waals surface area (Å²) in [6.07, 6.45) is 2.94. The lowest BCUT2D eigenvalue weighted by Gasteiger charge is -2.05. The molecule has 0 saturated heterocycles. The second kappa shape index (κ2) is 7.36. The van der Waals surface area contributed by atoms with Crippen molar-refractivity contribution in [3.63, 3.8) is 0 Å². The van der Waals surface area contributed by atoms with E-state index in [1.54, 1.807) is 6.92 Å². The lowest BCUT2D eigenvalue weighted by atomic mass is 10.2. The Bertz CT molecular complexity index is 538. The van der Waals surface area contributed by atoms with E-state index in [9.17, 15) is 13.2 Å². The van der Waals surface area contributed by atoms with E-state index in [1.165, 1.54) is 17.1 Å². The SMILES string of the molecule is CC(O)CCCNS(=O)(=O)c1cnn(CCC(=O)O)c1. The highest BCUT2D eigenvalue weighted by Crippen LogP contribution is 2.07. The molecule has 20 heavy (non-hydrogen) atoms. The summed E-state index contributed by atoms with van der Waals surface area (Å²) < 4.78 is 27.4. The van der Waals surface area contributed by atoms with Crippen LogP contribution in [-0.2, 0) is 21.4 Å². The first-order valence-corrected chi connectivity index (χ1v) is 7.71. The Balaban J connectivity index is 2.53. The number of carboxylic acid groups (broad SMARTS) is 1. The molecule has 1 rings (SSSR count). The van der Waals surface area contributed by atoms with Gasteiger partial charge in [0, 0.05) is 12.7 Å². The standard InChI is InChI=1S/C11H19N3O5S/c1-9(15)3-2-5-13-20(18,19)10-7-12-14(8-10)6-4-11(16)17/h7-9,13,15H,2-6H2,1H3,(H,16,17). The van der Waals surface area contributed by atoms with Crippen LogP contribution in [-0.4, -0.2) is 47.0 Å². The predicted octanol–water partition coefficient (Wildman–Crippen LogP) is -0.203. The molecule has 1 aromatic heterocycles. The molecule has 0 spiro atoms. The Labute approximate surface area is 117 Å². The van der Waals surface area contributed by atoms with Crippen molar-refractivity contribution in [3.05, 3.63) is 12.4 Å². The lowest BCUT2D eigenvalue weighted by Crippen LogP contribution is -2.25. The Morgan fingerprint density at radius 1 is 1.55 bits per heavy atom. The topological polar surface area (TPSA) is 122 Å². The number of carbonyl (C=O) groups is 1. The van der Waals surface area contributed by atoms with E-state index in [-0.39, 0.29) is 24.4 Å². The maximum Gasteiger partial charge on any atom is 0.305 e. The minimum atomic E-state index is -3.64. The molecule has 1 aromatic rings. The van der Waals surface area contributed by atoms with Gasteiger partial charge in [-0.3, -0.25) is 9.48 Å². The molecule has 0 aliphatic carbocycles. The van der Waals surface area contributed by atoms with Gasteiger partial charge in [0.15, 0.2) is 0 Å². The molecule has 9 heteroatoms. The van der Waals surface area contributed by atoms with Crippen LogP contribution in [0.2, 0.25) is 0 Å². The van der Waals surface area contributed by atoms with Crippen LogP contribution in [0.5, 0.6) is 0 Å². The number of aliphatic hydroxyl groups is 1. The molecule has 1 atom stereocenters. The number of aliphatic hydroxyl groups excluding tert-OH is 1. The number of sulfonamides is 1. The summed E-state index contributed by atoms with van der Waals surface area (Å²) in [7, 11) is -3.64. The van der Waals surface area contributed by atoms with Gasteiger partial charge in [0.05, 0.1) is 25.3 Å². The summed E-state index contributed by atoms with van der Waals surface area (Å²) in [4.78, 5) is 10.4. The van der Waals surface area contributed by atoms with Crippen LogP contribution in [0.3, 0.4) is 0 Å². The molecule has 0 aromatic carbocycles. The van der Waals surface area contributed by atoms with Gasteiger partial charge in [-0.2, -0.15) is 5.10 Å². The highest BCUT2D eigenvalue weighted by atomic mass is 32.2. The van der Waals surface area contributed by atoms with E-state index in [4.69, 9.17) is 10.2 Å². The van der Waals surface area contributed by atoms with E-state index in [1.807, 2.05) is 0 Å². The van der Waals surface area contributed by atoms with Crippen LogP contribution in [0.15, 0.2) is 17.3 Å². The van der Waals surface area contributed by atoms with Crippen LogP contribution in [0.25, 0.3) is 0 Å². The van der Waals surface area contributed by atoms with Gasteiger partial charge in [-0.25, -0.2) is 13.1 Å². The molecular weight excluding hydrogens is 286 g/mol. The van der Waals surface area contributed by atoms with Crippen LogP contribution in [0, 0.1) is 0 Å². The first-order chi connectivity index (χ1) is 9.31. The second-order valence-electron chi connectivity index (χ2n) is 4.47. The maximum absolute atomic E-state index is 11.9. The fourth-order valence-electron chi connectivity index (χ4n) is 1.50. The summed E-state index contributed by atoms with van der Waals surface area (Å²) in [5.41, 5.74) is 0. The van der Waals surface area contributed by atoms with E-state index >= 15 is 0 Å². The number of aromatic nitrogens is 2. The zero-order chi connectivity index (χ0) is 15.2. The summed E-state index contributed by atoms with van der Waals surface area (Å²) >= 11 is 0. The van der Waals surface area contributed by atoms with E-state index < -0.39 is 22.1 Å². The summed E-state index contributed by atoms with van der Waals surface area (Å²) in [5.74, 6) is -0.971. The number of carboxylic acids is 1. The van der Waals surface area contributed by atoms with Gasteiger partial charge in [0.1, 0.15) is 4.90 Å². The number of aliphatic carboxylic acids is 1. The minimum absolute atomic E-state index is 0.0000595. The minimum Gasteiger partial charge on any atom is -0.481 e. The molecular formula is C11H19N3O5S. The molecule has 0 aliphatic rings. The van der Waals surface area contributed by atoms with Gasteiger partial charge in [0.2, 0.25) is 10.0 Å². The fraction of sp³-hybridized carbons (Fsp3) is 0.636. The number of hydrogen-bond donors (Lipinski definition) is 3. The van der Waals surface area contributed by atoms with Crippen LogP contribution < -0.4 is 4.72 Å². The van der Waals surface area contributed by atoms with Crippen molar-refractivity contribution < 1.29 is 23.4 Å². The summed E-state index contributed by atoms with van der Waals surface area (Å²) in [6, 6.07) is 0. The Morgan fingerprint density at radius 3 is 2.85 bits per heavy atom. The molecule has 0 saturated carbocycles. The highest BCUT2D eigenvalue weighted by molar-refractivity contribution is 7.89. The van der Waals surface area contributed by atoms with E-state index in [0.717, 1.165) is 0 Å². The summed E-state index contributed by atoms with van der Waals surface area (Å²) in [5, 5.41) is 21.4. The van der Waals surface area contributed by atoms with Gasteiger partial charge >= 0.3 is 5.97 Å². The first-order valence-electron chi connectivity index (χ1n) is 6.23. The molecule has 8 nitrogen and oxygen atoms in total. The molecule has 0 bridgehead atoms. The van der Waals surface area contributed by atoms with Crippen molar-refractivity contribution >= 4 is 16.0 Å².